The van der Waals surface area contributed by atoms with Crippen LogP contribution in [0.1, 0.15) is 37.7 Å². The van der Waals surface area contributed by atoms with Crippen molar-refractivity contribution in [3.05, 3.63) is 35.9 Å². The molecular formula is C20H26N4O. The Hall–Kier alpha value is -2.14. The van der Waals surface area contributed by atoms with E-state index >= 15 is 0 Å². The molecule has 0 aliphatic carbocycles. The number of nitrogens with zero attached hydrogens (tertiary/aromatic N) is 2. The highest BCUT2D eigenvalue weighted by Crippen LogP contribution is 2.33. The van der Waals surface area contributed by atoms with Crippen molar-refractivity contribution in [3.63, 3.8) is 0 Å². The second-order valence-electron chi connectivity index (χ2n) is 7.58. The Bertz CT molecular complexity index is 770. The SMILES string of the molecule is Cc1ccccc1-c1cc(NC(=O)CC2CC3CCC(C2)N3)n(C)n1. The number of aromatic nitrogens is 2. The molecule has 2 atom stereocenters. The van der Waals surface area contributed by atoms with Crippen molar-refractivity contribution in [2.24, 2.45) is 13.0 Å². The minimum absolute atomic E-state index is 0.102. The van der Waals surface area contributed by atoms with Crippen LogP contribution >= 0.6 is 0 Å². The van der Waals surface area contributed by atoms with Crippen LogP contribution in [0.2, 0.25) is 0 Å². The van der Waals surface area contributed by atoms with E-state index in [4.69, 9.17) is 0 Å². The predicted molar refractivity (Wildman–Crippen MR) is 99.3 cm³/mol. The van der Waals surface area contributed by atoms with Gasteiger partial charge in [-0.15, -0.1) is 0 Å². The van der Waals surface area contributed by atoms with Gasteiger partial charge >= 0.3 is 0 Å². The first-order valence-electron chi connectivity index (χ1n) is 9.24. The standard InChI is InChI=1S/C20H26N4O/c1-13-5-3-4-6-17(13)18-12-19(24(2)23-18)22-20(25)11-14-9-15-7-8-16(10-14)21-15/h3-6,12,14-16,21H,7-11H2,1-2H3,(H,22,25). The van der Waals surface area contributed by atoms with E-state index in [9.17, 15) is 4.79 Å². The number of hydrogen-bond donors (Lipinski definition) is 2. The second kappa shape index (κ2) is 6.64. The molecule has 25 heavy (non-hydrogen) atoms. The van der Waals surface area contributed by atoms with E-state index in [0.717, 1.165) is 29.9 Å². The number of hydrogen-bond acceptors (Lipinski definition) is 3. The third-order valence-electron chi connectivity index (χ3n) is 5.61. The number of benzene rings is 1. The number of carbonyl (C=O) groups excluding carboxylic acids is 1. The summed E-state index contributed by atoms with van der Waals surface area (Å²) in [7, 11) is 1.88. The van der Waals surface area contributed by atoms with Gasteiger partial charge in [0, 0.05) is 37.2 Å². The summed E-state index contributed by atoms with van der Waals surface area (Å²) >= 11 is 0. The van der Waals surface area contributed by atoms with Gasteiger partial charge in [0.05, 0.1) is 5.69 Å². The second-order valence-corrected chi connectivity index (χ2v) is 7.58. The molecule has 5 heteroatoms. The largest absolute Gasteiger partial charge is 0.311 e. The fourth-order valence-electron chi connectivity index (χ4n) is 4.37. The molecule has 132 valence electrons. The molecule has 0 saturated carbocycles. The third kappa shape index (κ3) is 3.47. The number of carbonyl (C=O) groups is 1. The summed E-state index contributed by atoms with van der Waals surface area (Å²) in [6.07, 6.45) is 5.40. The maximum absolute atomic E-state index is 12.5. The topological polar surface area (TPSA) is 59.0 Å². The quantitative estimate of drug-likeness (QED) is 0.900. The molecule has 5 nitrogen and oxygen atoms in total. The van der Waals surface area contributed by atoms with Crippen LogP contribution in [0.5, 0.6) is 0 Å². The molecule has 0 radical (unpaired) electrons. The smallest absolute Gasteiger partial charge is 0.225 e. The average molecular weight is 338 g/mol. The van der Waals surface area contributed by atoms with E-state index in [1.54, 1.807) is 4.68 Å². The van der Waals surface area contributed by atoms with Gasteiger partial charge < -0.3 is 10.6 Å². The zero-order valence-electron chi connectivity index (χ0n) is 15.0. The number of rotatable bonds is 4. The first-order chi connectivity index (χ1) is 12.1. The molecule has 2 aliphatic heterocycles. The van der Waals surface area contributed by atoms with Gasteiger partial charge in [-0.2, -0.15) is 5.10 Å². The first kappa shape index (κ1) is 16.3. The molecule has 3 heterocycles. The fraction of sp³-hybridized carbons (Fsp3) is 0.500. The molecule has 1 amide bonds. The Morgan fingerprint density at radius 3 is 2.72 bits per heavy atom. The van der Waals surface area contributed by atoms with Crippen molar-refractivity contribution >= 4 is 11.7 Å². The monoisotopic (exact) mass is 338 g/mol. The Morgan fingerprint density at radius 1 is 1.28 bits per heavy atom. The summed E-state index contributed by atoms with van der Waals surface area (Å²) < 4.78 is 1.76. The number of nitrogens with one attached hydrogen (secondary N) is 2. The van der Waals surface area contributed by atoms with Crippen LogP contribution in [0, 0.1) is 12.8 Å². The van der Waals surface area contributed by atoms with Crippen LogP contribution in [0.3, 0.4) is 0 Å². The maximum atomic E-state index is 12.5. The van der Waals surface area contributed by atoms with E-state index in [0.29, 0.717) is 24.4 Å². The molecule has 0 spiro atoms. The Balaban J connectivity index is 1.42. The highest BCUT2D eigenvalue weighted by molar-refractivity contribution is 5.90. The van der Waals surface area contributed by atoms with Crippen LogP contribution in [0.4, 0.5) is 5.82 Å². The minimum Gasteiger partial charge on any atom is -0.311 e. The van der Waals surface area contributed by atoms with Gasteiger partial charge in [-0.05, 0) is 44.1 Å². The molecule has 2 aromatic rings. The number of amides is 1. The first-order valence-corrected chi connectivity index (χ1v) is 9.24. The lowest BCUT2D eigenvalue weighted by Gasteiger charge is -2.28. The van der Waals surface area contributed by atoms with Gasteiger partial charge in [-0.3, -0.25) is 9.48 Å². The lowest BCUT2D eigenvalue weighted by Crippen LogP contribution is -2.39. The predicted octanol–water partition coefficient (Wildman–Crippen LogP) is 3.25. The Kier molecular flexibility index (Phi) is 4.34. The molecule has 1 aromatic heterocycles. The molecule has 2 aliphatic rings. The fourth-order valence-corrected chi connectivity index (χ4v) is 4.37. The van der Waals surface area contributed by atoms with Gasteiger partial charge in [0.15, 0.2) is 0 Å². The molecule has 1 aromatic carbocycles. The van der Waals surface area contributed by atoms with Crippen LogP contribution in [-0.4, -0.2) is 27.8 Å². The van der Waals surface area contributed by atoms with Crippen molar-refractivity contribution < 1.29 is 4.79 Å². The summed E-state index contributed by atoms with van der Waals surface area (Å²) in [5.41, 5.74) is 3.19. The highest BCUT2D eigenvalue weighted by Gasteiger charge is 2.34. The summed E-state index contributed by atoms with van der Waals surface area (Å²) in [5, 5.41) is 11.3. The summed E-state index contributed by atoms with van der Waals surface area (Å²) in [4.78, 5) is 12.5. The van der Waals surface area contributed by atoms with E-state index in [-0.39, 0.29) is 5.91 Å². The van der Waals surface area contributed by atoms with E-state index in [1.165, 1.54) is 18.4 Å². The lowest BCUT2D eigenvalue weighted by atomic mass is 9.89. The normalized spacial score (nSPS) is 25.1. The highest BCUT2D eigenvalue weighted by atomic mass is 16.1. The van der Waals surface area contributed by atoms with Gasteiger partial charge in [-0.25, -0.2) is 0 Å². The van der Waals surface area contributed by atoms with E-state index in [2.05, 4.69) is 34.8 Å². The molecule has 2 saturated heterocycles. The van der Waals surface area contributed by atoms with E-state index < -0.39 is 0 Å². The summed E-state index contributed by atoms with van der Waals surface area (Å²) in [6.45, 7) is 2.08. The molecular weight excluding hydrogens is 312 g/mol. The molecule has 2 fully saturated rings. The van der Waals surface area contributed by atoms with E-state index in [1.807, 2.05) is 25.2 Å². The third-order valence-corrected chi connectivity index (χ3v) is 5.61. The van der Waals surface area contributed by atoms with Gasteiger partial charge in [0.1, 0.15) is 5.82 Å². The van der Waals surface area contributed by atoms with Crippen molar-refractivity contribution in [3.8, 4) is 11.3 Å². The molecule has 2 N–H and O–H groups in total. The summed E-state index contributed by atoms with van der Waals surface area (Å²) in [6, 6.07) is 11.4. The van der Waals surface area contributed by atoms with Crippen LogP contribution < -0.4 is 10.6 Å². The number of anilines is 1. The van der Waals surface area contributed by atoms with Crippen molar-refractivity contribution in [1.82, 2.24) is 15.1 Å². The number of piperidine rings is 1. The number of aryl methyl sites for hydroxylation is 2. The van der Waals surface area contributed by atoms with Gasteiger partial charge in [0.2, 0.25) is 5.91 Å². The van der Waals surface area contributed by atoms with Gasteiger partial charge in [-0.1, -0.05) is 24.3 Å². The van der Waals surface area contributed by atoms with Crippen molar-refractivity contribution in [2.75, 3.05) is 5.32 Å². The average Bonchev–Trinajstić information content (AvgIpc) is 3.10. The zero-order chi connectivity index (χ0) is 17.4. The van der Waals surface area contributed by atoms with Gasteiger partial charge in [0.25, 0.3) is 0 Å². The maximum Gasteiger partial charge on any atom is 0.225 e. The van der Waals surface area contributed by atoms with Crippen LogP contribution in [0.15, 0.2) is 30.3 Å². The van der Waals surface area contributed by atoms with Crippen LogP contribution in [0.25, 0.3) is 11.3 Å². The molecule has 2 bridgehead atoms. The Labute approximate surface area is 148 Å². The minimum atomic E-state index is 0.102. The van der Waals surface area contributed by atoms with Crippen molar-refractivity contribution in [1.29, 1.82) is 0 Å². The Morgan fingerprint density at radius 2 is 2.00 bits per heavy atom. The van der Waals surface area contributed by atoms with Crippen molar-refractivity contribution in [2.45, 2.75) is 51.1 Å². The molecule has 4 rings (SSSR count). The molecule has 2 unspecified atom stereocenters. The lowest BCUT2D eigenvalue weighted by molar-refractivity contribution is -0.117. The summed E-state index contributed by atoms with van der Waals surface area (Å²) in [5.74, 6) is 1.37. The number of fused-ring (bicyclic) bond motifs is 2. The van der Waals surface area contributed by atoms with Crippen LogP contribution in [-0.2, 0) is 11.8 Å². The zero-order valence-corrected chi connectivity index (χ0v) is 15.0.